The van der Waals surface area contributed by atoms with Gasteiger partial charge in [0, 0.05) is 5.56 Å². The van der Waals surface area contributed by atoms with Gasteiger partial charge in [0.25, 0.3) is 0 Å². The molecule has 0 amide bonds. The van der Waals surface area contributed by atoms with E-state index in [1.807, 2.05) is 24.3 Å². The summed E-state index contributed by atoms with van der Waals surface area (Å²) in [5.41, 5.74) is 1.82. The Bertz CT molecular complexity index is 597. The fraction of sp³-hybridized carbons (Fsp3) is 0.545. The molecule has 0 atom stereocenters. The summed E-state index contributed by atoms with van der Waals surface area (Å²) in [6.45, 7) is 3.03. The second kappa shape index (κ2) is 12.4. The number of rotatable bonds is 13. The number of hydrogen-bond acceptors (Lipinski definition) is 4. The van der Waals surface area contributed by atoms with E-state index in [9.17, 15) is 0 Å². The van der Waals surface area contributed by atoms with Gasteiger partial charge in [0.05, 0.1) is 25.6 Å². The van der Waals surface area contributed by atoms with Crippen LogP contribution in [0.1, 0.15) is 70.3 Å². The van der Waals surface area contributed by atoms with Crippen molar-refractivity contribution in [3.63, 3.8) is 0 Å². The minimum Gasteiger partial charge on any atom is -0.490 e. The van der Waals surface area contributed by atoms with Crippen LogP contribution in [0.3, 0.4) is 0 Å². The Morgan fingerprint density at radius 1 is 0.808 bits per heavy atom. The molecule has 0 fully saturated rings. The first-order valence-electron chi connectivity index (χ1n) is 9.98. The van der Waals surface area contributed by atoms with Gasteiger partial charge in [0.1, 0.15) is 0 Å². The fourth-order valence-corrected chi connectivity index (χ4v) is 2.90. The minimum atomic E-state index is 0.0484. The van der Waals surface area contributed by atoms with Crippen LogP contribution in [0, 0.1) is 0 Å². The van der Waals surface area contributed by atoms with Crippen molar-refractivity contribution in [1.82, 2.24) is 9.97 Å². The Morgan fingerprint density at radius 2 is 1.38 bits per heavy atom. The molecular weight excluding hydrogens is 324 g/mol. The Morgan fingerprint density at radius 3 is 1.96 bits per heavy atom. The van der Waals surface area contributed by atoms with Gasteiger partial charge in [-0.2, -0.15) is 0 Å². The van der Waals surface area contributed by atoms with Crippen molar-refractivity contribution in [2.24, 2.45) is 0 Å². The lowest BCUT2D eigenvalue weighted by atomic mass is 10.1. The van der Waals surface area contributed by atoms with E-state index in [1.54, 1.807) is 12.4 Å². The molecule has 0 aliphatic carbocycles. The summed E-state index contributed by atoms with van der Waals surface area (Å²) in [4.78, 5) is 8.74. The van der Waals surface area contributed by atoms with Gasteiger partial charge >= 0.3 is 0 Å². The molecule has 4 nitrogen and oxygen atoms in total. The van der Waals surface area contributed by atoms with Crippen LogP contribution in [0.4, 0.5) is 0 Å². The predicted molar refractivity (Wildman–Crippen MR) is 106 cm³/mol. The van der Waals surface area contributed by atoms with Crippen molar-refractivity contribution in [3.05, 3.63) is 42.2 Å². The van der Waals surface area contributed by atoms with Crippen molar-refractivity contribution >= 4 is 0 Å². The first-order chi connectivity index (χ1) is 12.8. The van der Waals surface area contributed by atoms with Gasteiger partial charge in [-0.05, 0) is 12.0 Å². The molecule has 26 heavy (non-hydrogen) atoms. The van der Waals surface area contributed by atoms with Crippen LogP contribution in [0.15, 0.2) is 36.7 Å². The highest BCUT2D eigenvalue weighted by molar-refractivity contribution is 5.55. The van der Waals surface area contributed by atoms with E-state index in [2.05, 4.69) is 16.9 Å². The van der Waals surface area contributed by atoms with Crippen molar-refractivity contribution in [2.75, 3.05) is 6.61 Å². The third-order valence-corrected chi connectivity index (χ3v) is 4.54. The second-order valence-corrected chi connectivity index (χ2v) is 6.77. The third-order valence-electron chi connectivity index (χ3n) is 4.54. The van der Waals surface area contributed by atoms with Crippen LogP contribution in [0.5, 0.6) is 5.75 Å². The molecular formula is C22H32N2O2. The van der Waals surface area contributed by atoms with Crippen LogP contribution in [-0.4, -0.2) is 21.7 Å². The van der Waals surface area contributed by atoms with E-state index < -0.39 is 0 Å². The second-order valence-electron chi connectivity index (χ2n) is 6.77. The standard InChI is InChI=1S/C22H32N2O2/c1-2-3-4-5-6-7-8-9-10-15-26-21-16-23-22(24-17-21)20-13-11-19(18-25)12-14-20/h11-14,16-17,25H,2-10,15,18H2,1H3. The number of unbranched alkanes of at least 4 members (excludes halogenated alkanes) is 8. The number of aliphatic hydroxyl groups is 1. The molecule has 0 saturated heterocycles. The molecule has 0 radical (unpaired) electrons. The number of benzene rings is 1. The molecule has 1 N–H and O–H groups in total. The molecule has 0 saturated carbocycles. The van der Waals surface area contributed by atoms with Crippen molar-refractivity contribution in [3.8, 4) is 17.1 Å². The Kier molecular flexibility index (Phi) is 9.73. The van der Waals surface area contributed by atoms with E-state index in [-0.39, 0.29) is 6.61 Å². The summed E-state index contributed by atoms with van der Waals surface area (Å²) in [5.74, 6) is 1.39. The molecule has 1 heterocycles. The van der Waals surface area contributed by atoms with Gasteiger partial charge in [0.2, 0.25) is 0 Å². The predicted octanol–water partition coefficient (Wildman–Crippen LogP) is 5.55. The van der Waals surface area contributed by atoms with Crippen LogP contribution < -0.4 is 4.74 Å². The molecule has 1 aromatic heterocycles. The summed E-state index contributed by atoms with van der Waals surface area (Å²) >= 11 is 0. The summed E-state index contributed by atoms with van der Waals surface area (Å²) < 4.78 is 5.73. The maximum atomic E-state index is 9.08. The van der Waals surface area contributed by atoms with Gasteiger partial charge in [-0.3, -0.25) is 0 Å². The highest BCUT2D eigenvalue weighted by Crippen LogP contribution is 2.17. The van der Waals surface area contributed by atoms with E-state index >= 15 is 0 Å². The van der Waals surface area contributed by atoms with Gasteiger partial charge in [-0.15, -0.1) is 0 Å². The maximum absolute atomic E-state index is 9.08. The largest absolute Gasteiger partial charge is 0.490 e. The van der Waals surface area contributed by atoms with Crippen LogP contribution in [0.25, 0.3) is 11.4 Å². The smallest absolute Gasteiger partial charge is 0.159 e. The summed E-state index contributed by atoms with van der Waals surface area (Å²) in [6, 6.07) is 7.60. The van der Waals surface area contributed by atoms with E-state index in [4.69, 9.17) is 9.84 Å². The van der Waals surface area contributed by atoms with Gasteiger partial charge in [-0.25, -0.2) is 9.97 Å². The average molecular weight is 357 g/mol. The van der Waals surface area contributed by atoms with E-state index in [0.29, 0.717) is 5.82 Å². The zero-order valence-electron chi connectivity index (χ0n) is 16.0. The van der Waals surface area contributed by atoms with Crippen molar-refractivity contribution < 1.29 is 9.84 Å². The molecule has 0 bridgehead atoms. The van der Waals surface area contributed by atoms with Crippen LogP contribution in [-0.2, 0) is 6.61 Å². The molecule has 0 spiro atoms. The van der Waals surface area contributed by atoms with Gasteiger partial charge < -0.3 is 9.84 Å². The first kappa shape index (κ1) is 20.4. The highest BCUT2D eigenvalue weighted by Gasteiger charge is 2.02. The van der Waals surface area contributed by atoms with Gasteiger partial charge in [0.15, 0.2) is 11.6 Å². The third kappa shape index (κ3) is 7.52. The number of nitrogens with zero attached hydrogens (tertiary/aromatic N) is 2. The monoisotopic (exact) mass is 356 g/mol. The molecule has 2 rings (SSSR count). The maximum Gasteiger partial charge on any atom is 0.159 e. The number of aromatic nitrogens is 2. The molecule has 0 aliphatic heterocycles. The molecule has 142 valence electrons. The fourth-order valence-electron chi connectivity index (χ4n) is 2.90. The van der Waals surface area contributed by atoms with E-state index in [0.717, 1.165) is 29.9 Å². The molecule has 0 aliphatic rings. The van der Waals surface area contributed by atoms with Gasteiger partial charge in [-0.1, -0.05) is 82.6 Å². The molecule has 4 heteroatoms. The summed E-state index contributed by atoms with van der Waals surface area (Å²) in [5, 5.41) is 9.08. The highest BCUT2D eigenvalue weighted by atomic mass is 16.5. The Balaban J connectivity index is 1.60. The Hall–Kier alpha value is -1.94. The number of aliphatic hydroxyl groups excluding tert-OH is 1. The lowest BCUT2D eigenvalue weighted by molar-refractivity contribution is 0.282. The van der Waals surface area contributed by atoms with E-state index in [1.165, 1.54) is 51.4 Å². The Labute approximate surface area is 157 Å². The number of ether oxygens (including phenoxy) is 1. The summed E-state index contributed by atoms with van der Waals surface area (Å²) in [6.07, 6.45) is 15.3. The first-order valence-corrected chi connectivity index (χ1v) is 9.98. The minimum absolute atomic E-state index is 0.0484. The lowest BCUT2D eigenvalue weighted by Gasteiger charge is -2.07. The summed E-state index contributed by atoms with van der Waals surface area (Å²) in [7, 11) is 0. The zero-order valence-corrected chi connectivity index (χ0v) is 16.0. The lowest BCUT2D eigenvalue weighted by Crippen LogP contribution is -1.99. The van der Waals surface area contributed by atoms with Crippen molar-refractivity contribution in [1.29, 1.82) is 0 Å². The SMILES string of the molecule is CCCCCCCCCCCOc1cnc(-c2ccc(CO)cc2)nc1. The number of hydrogen-bond donors (Lipinski definition) is 1. The zero-order chi connectivity index (χ0) is 18.5. The molecule has 2 aromatic rings. The average Bonchev–Trinajstić information content (AvgIpc) is 2.70. The van der Waals surface area contributed by atoms with Crippen molar-refractivity contribution in [2.45, 2.75) is 71.3 Å². The van der Waals surface area contributed by atoms with Crippen LogP contribution >= 0.6 is 0 Å². The van der Waals surface area contributed by atoms with Crippen LogP contribution in [0.2, 0.25) is 0 Å². The quantitative estimate of drug-likeness (QED) is 0.478. The normalized spacial score (nSPS) is 10.8. The molecule has 0 unspecified atom stereocenters. The topological polar surface area (TPSA) is 55.2 Å². The molecule has 1 aromatic carbocycles.